The number of carbonyl (C=O) groups excluding carboxylic acids is 1. The molecule has 2 aromatic rings. The number of aromatic nitrogens is 1. The first-order valence-electron chi connectivity index (χ1n) is 8.04. The summed E-state index contributed by atoms with van der Waals surface area (Å²) in [5, 5.41) is 3.07. The van der Waals surface area contributed by atoms with Crippen molar-refractivity contribution < 1.29 is 9.36 Å². The van der Waals surface area contributed by atoms with Crippen molar-refractivity contribution in [1.82, 2.24) is 5.32 Å². The summed E-state index contributed by atoms with van der Waals surface area (Å²) < 4.78 is 1.90. The summed E-state index contributed by atoms with van der Waals surface area (Å²) in [7, 11) is 4.00. The van der Waals surface area contributed by atoms with Crippen molar-refractivity contribution in [3.8, 4) is 0 Å². The van der Waals surface area contributed by atoms with E-state index in [-0.39, 0.29) is 11.9 Å². The van der Waals surface area contributed by atoms with Crippen LogP contribution in [0.3, 0.4) is 0 Å². The summed E-state index contributed by atoms with van der Waals surface area (Å²) in [5.41, 5.74) is 2.43. The van der Waals surface area contributed by atoms with Gasteiger partial charge in [0.15, 0.2) is 12.4 Å². The standard InChI is InChI=1S/C19H25N3O/c1-16(9-10-17-7-5-4-6-8-17)20-19(23)15-22-13-11-18(12-14-22)21(2)3/h4-8,11-14,16H,9-10,15H2,1-3H3/p+1/t16-/m0/s1. The average molecular weight is 312 g/mol. The number of nitrogens with zero attached hydrogens (tertiary/aromatic N) is 2. The van der Waals surface area contributed by atoms with Crippen LogP contribution < -0.4 is 14.8 Å². The van der Waals surface area contributed by atoms with Crippen LogP contribution in [0.5, 0.6) is 0 Å². The molecule has 122 valence electrons. The third kappa shape index (κ3) is 5.74. The molecular formula is C19H26N3O+. The van der Waals surface area contributed by atoms with Gasteiger partial charge >= 0.3 is 0 Å². The number of benzene rings is 1. The number of anilines is 1. The van der Waals surface area contributed by atoms with Gasteiger partial charge in [-0.1, -0.05) is 30.3 Å². The monoisotopic (exact) mass is 312 g/mol. The Kier molecular flexibility index (Phi) is 6.15. The Morgan fingerprint density at radius 3 is 2.39 bits per heavy atom. The largest absolute Gasteiger partial charge is 0.377 e. The van der Waals surface area contributed by atoms with E-state index in [0.29, 0.717) is 6.54 Å². The van der Waals surface area contributed by atoms with Crippen LogP contribution in [-0.2, 0) is 17.8 Å². The van der Waals surface area contributed by atoms with E-state index in [2.05, 4.69) is 24.4 Å². The van der Waals surface area contributed by atoms with Crippen LogP contribution in [0, 0.1) is 0 Å². The van der Waals surface area contributed by atoms with Gasteiger partial charge in [-0.2, -0.15) is 4.57 Å². The molecule has 0 aliphatic heterocycles. The van der Waals surface area contributed by atoms with Crippen LogP contribution in [0.2, 0.25) is 0 Å². The first-order valence-corrected chi connectivity index (χ1v) is 8.04. The lowest BCUT2D eigenvalue weighted by Gasteiger charge is -2.13. The van der Waals surface area contributed by atoms with Gasteiger partial charge in [0.1, 0.15) is 0 Å². The summed E-state index contributed by atoms with van der Waals surface area (Å²) in [5.74, 6) is 0.0492. The molecule has 0 spiro atoms. The molecule has 1 aromatic heterocycles. The fourth-order valence-corrected chi connectivity index (χ4v) is 2.44. The lowest BCUT2D eigenvalue weighted by Crippen LogP contribution is -2.45. The van der Waals surface area contributed by atoms with Gasteiger partial charge in [0.2, 0.25) is 6.54 Å². The van der Waals surface area contributed by atoms with E-state index in [4.69, 9.17) is 0 Å². The highest BCUT2D eigenvalue weighted by Crippen LogP contribution is 2.06. The van der Waals surface area contributed by atoms with Gasteiger partial charge in [-0.3, -0.25) is 4.79 Å². The van der Waals surface area contributed by atoms with Gasteiger partial charge in [-0.05, 0) is 25.3 Å². The van der Waals surface area contributed by atoms with Crippen molar-refractivity contribution in [2.24, 2.45) is 0 Å². The maximum Gasteiger partial charge on any atom is 0.286 e. The second kappa shape index (κ2) is 8.32. The first kappa shape index (κ1) is 17.0. The molecule has 4 heteroatoms. The highest BCUT2D eigenvalue weighted by molar-refractivity contribution is 5.74. The highest BCUT2D eigenvalue weighted by Gasteiger charge is 2.12. The van der Waals surface area contributed by atoms with Crippen molar-refractivity contribution >= 4 is 11.6 Å². The number of hydrogen-bond donors (Lipinski definition) is 1. The van der Waals surface area contributed by atoms with E-state index in [9.17, 15) is 4.79 Å². The molecule has 4 nitrogen and oxygen atoms in total. The third-order valence-corrected chi connectivity index (χ3v) is 3.83. The Bertz CT molecular complexity index is 608. The number of amides is 1. The van der Waals surface area contributed by atoms with Crippen molar-refractivity contribution in [3.05, 3.63) is 60.4 Å². The highest BCUT2D eigenvalue weighted by atomic mass is 16.2. The SMILES string of the molecule is C[C@@H](CCc1ccccc1)NC(=O)C[n+]1ccc(N(C)C)cc1. The predicted molar refractivity (Wildman–Crippen MR) is 93.3 cm³/mol. The topological polar surface area (TPSA) is 36.2 Å². The minimum atomic E-state index is 0.0492. The van der Waals surface area contributed by atoms with Crippen LogP contribution in [0.1, 0.15) is 18.9 Å². The quantitative estimate of drug-likeness (QED) is 0.796. The van der Waals surface area contributed by atoms with Gasteiger partial charge in [0.05, 0.1) is 0 Å². The molecule has 1 aromatic carbocycles. The fraction of sp³-hybridized carbons (Fsp3) is 0.368. The predicted octanol–water partition coefficient (Wildman–Crippen LogP) is 2.18. The summed E-state index contributed by atoms with van der Waals surface area (Å²) in [6, 6.07) is 14.5. The van der Waals surface area contributed by atoms with Crippen LogP contribution in [-0.4, -0.2) is 26.0 Å². The third-order valence-electron chi connectivity index (χ3n) is 3.83. The molecular weight excluding hydrogens is 286 g/mol. The van der Waals surface area contributed by atoms with Gasteiger partial charge in [0, 0.05) is 38.0 Å². The van der Waals surface area contributed by atoms with E-state index in [1.807, 2.05) is 66.3 Å². The van der Waals surface area contributed by atoms with Crippen LogP contribution in [0.15, 0.2) is 54.9 Å². The lowest BCUT2D eigenvalue weighted by atomic mass is 10.1. The number of pyridine rings is 1. The number of nitrogens with one attached hydrogen (secondary N) is 1. The van der Waals surface area contributed by atoms with E-state index >= 15 is 0 Å². The maximum absolute atomic E-state index is 12.1. The second-order valence-corrected chi connectivity index (χ2v) is 6.12. The molecule has 0 bridgehead atoms. The first-order chi connectivity index (χ1) is 11.0. The summed E-state index contributed by atoms with van der Waals surface area (Å²) >= 11 is 0. The normalized spacial score (nSPS) is 11.8. The Hall–Kier alpha value is -2.36. The van der Waals surface area contributed by atoms with Crippen LogP contribution in [0.25, 0.3) is 0 Å². The van der Waals surface area contributed by atoms with Crippen LogP contribution >= 0.6 is 0 Å². The molecule has 1 N–H and O–H groups in total. The zero-order valence-corrected chi connectivity index (χ0v) is 14.2. The van der Waals surface area contributed by atoms with Crippen molar-refractivity contribution in [1.29, 1.82) is 0 Å². The van der Waals surface area contributed by atoms with Crippen molar-refractivity contribution in [3.63, 3.8) is 0 Å². The van der Waals surface area contributed by atoms with Crippen molar-refractivity contribution in [2.45, 2.75) is 32.4 Å². The van der Waals surface area contributed by atoms with E-state index in [1.54, 1.807) is 0 Å². The molecule has 0 saturated carbocycles. The zero-order valence-electron chi connectivity index (χ0n) is 14.2. The van der Waals surface area contributed by atoms with Gasteiger partial charge < -0.3 is 10.2 Å². The molecule has 2 rings (SSSR count). The van der Waals surface area contributed by atoms with Crippen LogP contribution in [0.4, 0.5) is 5.69 Å². The Morgan fingerprint density at radius 2 is 1.78 bits per heavy atom. The smallest absolute Gasteiger partial charge is 0.286 e. The second-order valence-electron chi connectivity index (χ2n) is 6.12. The van der Waals surface area contributed by atoms with Gasteiger partial charge in [-0.25, -0.2) is 0 Å². The fourth-order valence-electron chi connectivity index (χ4n) is 2.44. The average Bonchev–Trinajstić information content (AvgIpc) is 2.54. The van der Waals surface area contributed by atoms with E-state index < -0.39 is 0 Å². The molecule has 0 radical (unpaired) electrons. The molecule has 23 heavy (non-hydrogen) atoms. The summed E-state index contributed by atoms with van der Waals surface area (Å²) in [4.78, 5) is 14.1. The minimum absolute atomic E-state index is 0.0492. The Morgan fingerprint density at radius 1 is 1.13 bits per heavy atom. The lowest BCUT2D eigenvalue weighted by molar-refractivity contribution is -0.684. The molecule has 1 heterocycles. The molecule has 1 amide bonds. The summed E-state index contributed by atoms with van der Waals surface area (Å²) in [6.07, 6.45) is 5.79. The molecule has 1 atom stereocenters. The number of hydrogen-bond acceptors (Lipinski definition) is 2. The molecule has 0 aliphatic rings. The Labute approximate surface area is 138 Å². The molecule has 0 fully saturated rings. The number of carbonyl (C=O) groups is 1. The van der Waals surface area contributed by atoms with Gasteiger partial charge in [0.25, 0.3) is 5.91 Å². The van der Waals surface area contributed by atoms with Gasteiger partial charge in [-0.15, -0.1) is 0 Å². The van der Waals surface area contributed by atoms with E-state index in [1.165, 1.54) is 5.56 Å². The Balaban J connectivity index is 1.77. The van der Waals surface area contributed by atoms with Crippen molar-refractivity contribution in [2.75, 3.05) is 19.0 Å². The number of rotatable bonds is 7. The summed E-state index contributed by atoms with van der Waals surface area (Å²) in [6.45, 7) is 2.41. The molecule has 0 aliphatic carbocycles. The molecule has 0 saturated heterocycles. The zero-order chi connectivity index (χ0) is 16.7. The number of aryl methyl sites for hydroxylation is 1. The molecule has 0 unspecified atom stereocenters. The minimum Gasteiger partial charge on any atom is -0.377 e. The maximum atomic E-state index is 12.1. The van der Waals surface area contributed by atoms with E-state index in [0.717, 1.165) is 18.5 Å².